The van der Waals surface area contributed by atoms with Gasteiger partial charge >= 0.3 is 5.63 Å². The molecule has 6 nitrogen and oxygen atoms in total. The minimum Gasteiger partial charge on any atom is -0.507 e. The fraction of sp³-hybridized carbons (Fsp3) is 0.214. The number of aryl methyl sites for hydroxylation is 1. The number of hydrogen-bond acceptors (Lipinski definition) is 6. The second kappa shape index (κ2) is 5.05. The molecule has 2 heterocycles. The number of nitrogens with zero attached hydrogens (tertiary/aromatic N) is 3. The molecule has 0 aliphatic heterocycles. The highest BCUT2D eigenvalue weighted by atomic mass is 16.4. The molecule has 0 radical (unpaired) electrons. The zero-order valence-corrected chi connectivity index (χ0v) is 11.3. The predicted octanol–water partition coefficient (Wildman–Crippen LogP) is 1.65. The maximum Gasteiger partial charge on any atom is 0.349 e. The summed E-state index contributed by atoms with van der Waals surface area (Å²) in [6, 6.07) is 6.44. The average molecular weight is 271 g/mol. The van der Waals surface area contributed by atoms with E-state index >= 15 is 0 Å². The molecule has 20 heavy (non-hydrogen) atoms. The molecule has 2 rings (SSSR count). The first-order valence-corrected chi connectivity index (χ1v) is 5.86. The molecule has 6 heteroatoms. The van der Waals surface area contributed by atoms with Crippen molar-refractivity contribution in [2.24, 2.45) is 0 Å². The molecule has 1 N–H and O–H groups in total. The zero-order valence-electron chi connectivity index (χ0n) is 11.3. The van der Waals surface area contributed by atoms with Crippen LogP contribution in [0.25, 0.3) is 11.3 Å². The van der Waals surface area contributed by atoms with Crippen LogP contribution >= 0.6 is 0 Å². The summed E-state index contributed by atoms with van der Waals surface area (Å²) < 4.78 is 4.97. The Labute approximate surface area is 115 Å². The highest BCUT2D eigenvalue weighted by Crippen LogP contribution is 2.27. The van der Waals surface area contributed by atoms with Crippen molar-refractivity contribution in [3.8, 4) is 23.1 Å². The van der Waals surface area contributed by atoms with E-state index in [0.29, 0.717) is 17.1 Å². The lowest BCUT2D eigenvalue weighted by Crippen LogP contribution is -2.14. The topological polar surface area (TPSA) is 90.4 Å². The highest BCUT2D eigenvalue weighted by molar-refractivity contribution is 5.69. The van der Waals surface area contributed by atoms with Crippen LogP contribution in [0.2, 0.25) is 0 Å². The Kier molecular flexibility index (Phi) is 3.44. The highest BCUT2D eigenvalue weighted by Gasteiger charge is 2.16. The molecule has 0 bridgehead atoms. The van der Waals surface area contributed by atoms with Crippen molar-refractivity contribution in [3.05, 3.63) is 39.9 Å². The number of hydrogen-bond donors (Lipinski definition) is 1. The number of nitriles is 1. The lowest BCUT2D eigenvalue weighted by atomic mass is 10.1. The summed E-state index contributed by atoms with van der Waals surface area (Å²) in [6.07, 6.45) is 0. The Morgan fingerprint density at radius 1 is 1.40 bits per heavy atom. The second-order valence-corrected chi connectivity index (χ2v) is 4.48. The van der Waals surface area contributed by atoms with Gasteiger partial charge in [-0.05, 0) is 19.1 Å². The molecule has 0 amide bonds. The van der Waals surface area contributed by atoms with Crippen molar-refractivity contribution in [2.75, 3.05) is 19.0 Å². The van der Waals surface area contributed by atoms with E-state index in [2.05, 4.69) is 4.98 Å². The first-order chi connectivity index (χ1) is 9.43. The lowest BCUT2D eigenvalue weighted by Gasteiger charge is -2.14. The van der Waals surface area contributed by atoms with E-state index in [1.807, 2.05) is 6.07 Å². The molecule has 2 aromatic heterocycles. The smallest absolute Gasteiger partial charge is 0.349 e. The summed E-state index contributed by atoms with van der Waals surface area (Å²) in [6.45, 7) is 1.57. The number of anilines is 1. The monoisotopic (exact) mass is 271 g/mol. The molecule has 0 fully saturated rings. The van der Waals surface area contributed by atoms with E-state index in [1.54, 1.807) is 32.0 Å². The van der Waals surface area contributed by atoms with Crippen LogP contribution in [-0.2, 0) is 0 Å². The standard InChI is InChI=1S/C14H13N3O3/c1-8-6-11(18)12(14(19)20-8)10-5-4-9(7-15)13(16-10)17(2)3/h4-6,18H,1-3H3. The number of pyridine rings is 1. The SMILES string of the molecule is Cc1cc(O)c(-c2ccc(C#N)c(N(C)C)n2)c(=O)o1. The first kappa shape index (κ1) is 13.6. The van der Waals surface area contributed by atoms with Gasteiger partial charge in [0, 0.05) is 20.2 Å². The Hall–Kier alpha value is -2.81. The van der Waals surface area contributed by atoms with E-state index in [-0.39, 0.29) is 17.0 Å². The molecular formula is C14H13N3O3. The third-order valence-corrected chi connectivity index (χ3v) is 2.73. The van der Waals surface area contributed by atoms with Crippen LogP contribution in [0.1, 0.15) is 11.3 Å². The maximum absolute atomic E-state index is 11.9. The van der Waals surface area contributed by atoms with Gasteiger partial charge in [0.05, 0.1) is 11.3 Å². The van der Waals surface area contributed by atoms with E-state index in [0.717, 1.165) is 0 Å². The van der Waals surface area contributed by atoms with Crippen LogP contribution in [0.5, 0.6) is 5.75 Å². The number of aromatic nitrogens is 1. The van der Waals surface area contributed by atoms with Gasteiger partial charge in [-0.3, -0.25) is 0 Å². The Morgan fingerprint density at radius 3 is 2.65 bits per heavy atom. The molecule has 0 aromatic carbocycles. The number of aromatic hydroxyl groups is 1. The van der Waals surface area contributed by atoms with Gasteiger partial charge in [0.25, 0.3) is 0 Å². The summed E-state index contributed by atoms with van der Waals surface area (Å²) in [4.78, 5) is 17.8. The van der Waals surface area contributed by atoms with Crippen LogP contribution in [0.3, 0.4) is 0 Å². The predicted molar refractivity (Wildman–Crippen MR) is 73.7 cm³/mol. The largest absolute Gasteiger partial charge is 0.507 e. The van der Waals surface area contributed by atoms with E-state index in [1.165, 1.54) is 12.1 Å². The summed E-state index contributed by atoms with van der Waals surface area (Å²) in [5.41, 5.74) is -0.0266. The van der Waals surface area contributed by atoms with Gasteiger partial charge in [-0.15, -0.1) is 0 Å². The van der Waals surface area contributed by atoms with Crippen molar-refractivity contribution in [2.45, 2.75) is 6.92 Å². The van der Waals surface area contributed by atoms with Gasteiger partial charge in [0.15, 0.2) is 0 Å². The summed E-state index contributed by atoms with van der Waals surface area (Å²) in [5, 5.41) is 18.9. The van der Waals surface area contributed by atoms with Gasteiger partial charge in [0.1, 0.15) is 29.0 Å². The minimum atomic E-state index is -0.663. The Bertz CT molecular complexity index is 757. The molecule has 0 aliphatic rings. The molecule has 2 aromatic rings. The lowest BCUT2D eigenvalue weighted by molar-refractivity contribution is 0.438. The molecule has 0 atom stereocenters. The van der Waals surface area contributed by atoms with Crippen LogP contribution in [0, 0.1) is 18.3 Å². The van der Waals surface area contributed by atoms with Crippen molar-refractivity contribution in [3.63, 3.8) is 0 Å². The van der Waals surface area contributed by atoms with Gasteiger partial charge in [0.2, 0.25) is 0 Å². The maximum atomic E-state index is 11.9. The van der Waals surface area contributed by atoms with Crippen molar-refractivity contribution in [1.82, 2.24) is 4.98 Å². The molecule has 102 valence electrons. The second-order valence-electron chi connectivity index (χ2n) is 4.48. The molecule has 0 saturated carbocycles. The summed E-state index contributed by atoms with van der Waals surface area (Å²) in [5.74, 6) is 0.544. The molecular weight excluding hydrogens is 258 g/mol. The molecule has 0 unspecified atom stereocenters. The Morgan fingerprint density at radius 2 is 2.10 bits per heavy atom. The van der Waals surface area contributed by atoms with Crippen molar-refractivity contribution >= 4 is 5.82 Å². The Balaban J connectivity index is 2.70. The van der Waals surface area contributed by atoms with Crippen molar-refractivity contribution in [1.29, 1.82) is 5.26 Å². The quantitative estimate of drug-likeness (QED) is 0.893. The average Bonchev–Trinajstić information content (AvgIpc) is 2.37. The van der Waals surface area contributed by atoms with E-state index in [9.17, 15) is 9.90 Å². The van der Waals surface area contributed by atoms with Crippen LogP contribution in [-0.4, -0.2) is 24.2 Å². The third kappa shape index (κ3) is 2.34. The van der Waals surface area contributed by atoms with Gasteiger partial charge in [-0.2, -0.15) is 5.26 Å². The summed E-state index contributed by atoms with van der Waals surface area (Å²) in [7, 11) is 3.48. The van der Waals surface area contributed by atoms with Crippen LogP contribution < -0.4 is 10.5 Å². The fourth-order valence-electron chi connectivity index (χ4n) is 1.85. The zero-order chi connectivity index (χ0) is 14.9. The summed E-state index contributed by atoms with van der Waals surface area (Å²) >= 11 is 0. The molecule has 0 saturated heterocycles. The first-order valence-electron chi connectivity index (χ1n) is 5.86. The van der Waals surface area contributed by atoms with Gasteiger partial charge < -0.3 is 14.4 Å². The van der Waals surface area contributed by atoms with Crippen LogP contribution in [0.4, 0.5) is 5.82 Å². The van der Waals surface area contributed by atoms with Gasteiger partial charge in [-0.25, -0.2) is 9.78 Å². The molecule has 0 spiro atoms. The fourth-order valence-corrected chi connectivity index (χ4v) is 1.85. The molecule has 0 aliphatic carbocycles. The van der Waals surface area contributed by atoms with E-state index in [4.69, 9.17) is 9.68 Å². The van der Waals surface area contributed by atoms with Crippen molar-refractivity contribution < 1.29 is 9.52 Å². The van der Waals surface area contributed by atoms with Gasteiger partial charge in [-0.1, -0.05) is 0 Å². The van der Waals surface area contributed by atoms with Crippen LogP contribution in [0.15, 0.2) is 27.4 Å². The number of rotatable bonds is 2. The van der Waals surface area contributed by atoms with E-state index < -0.39 is 5.63 Å². The normalized spacial score (nSPS) is 10.1. The third-order valence-electron chi connectivity index (χ3n) is 2.73. The minimum absolute atomic E-state index is 0.0109.